The van der Waals surface area contributed by atoms with E-state index >= 15 is 0 Å². The van der Waals surface area contributed by atoms with Crippen molar-refractivity contribution in [2.45, 2.75) is 0 Å². The first-order valence-electron chi connectivity index (χ1n) is 5.05. The van der Waals surface area contributed by atoms with Gasteiger partial charge in [0.05, 0.1) is 11.6 Å². The molecule has 0 saturated carbocycles. The summed E-state index contributed by atoms with van der Waals surface area (Å²) in [6.07, 6.45) is 1.06. The number of carbonyl (C=O) groups is 1. The molecule has 0 bridgehead atoms. The van der Waals surface area contributed by atoms with Gasteiger partial charge in [0.15, 0.2) is 0 Å². The quantitative estimate of drug-likeness (QED) is 0.629. The molecular weight excluding hydrogens is 214 g/mol. The number of nitrogens with zero attached hydrogens (tertiary/aromatic N) is 1. The van der Waals surface area contributed by atoms with Crippen molar-refractivity contribution >= 4 is 22.3 Å². The Morgan fingerprint density at radius 3 is 2.59 bits per heavy atom. The lowest BCUT2D eigenvalue weighted by atomic mass is 9.98. The van der Waals surface area contributed by atoms with Gasteiger partial charge in [-0.05, 0) is 16.3 Å². The third-order valence-electron chi connectivity index (χ3n) is 2.52. The molecule has 0 aliphatic rings. The molecule has 2 rings (SSSR count). The number of hydrogen-bond donors (Lipinski definition) is 1. The van der Waals surface area contributed by atoms with Gasteiger partial charge in [-0.25, -0.2) is 4.79 Å². The van der Waals surface area contributed by atoms with Crippen LogP contribution >= 0.6 is 0 Å². The number of hydrogen-bond acceptors (Lipinski definition) is 2. The lowest BCUT2D eigenvalue weighted by Crippen LogP contribution is -2.00. The number of nitriles is 1. The molecule has 0 saturated heterocycles. The maximum Gasteiger partial charge on any atom is 0.337 e. The zero-order chi connectivity index (χ0) is 12.3. The predicted octanol–water partition coefficient (Wildman–Crippen LogP) is 2.83. The fourth-order valence-electron chi connectivity index (χ4n) is 1.78. The highest BCUT2D eigenvalue weighted by atomic mass is 16.4. The first-order valence-corrected chi connectivity index (χ1v) is 5.05. The molecule has 0 aliphatic carbocycles. The summed E-state index contributed by atoms with van der Waals surface area (Å²) < 4.78 is 0. The Bertz CT molecular complexity index is 645. The van der Waals surface area contributed by atoms with Crippen molar-refractivity contribution in [2.75, 3.05) is 0 Å². The molecule has 0 unspecified atom stereocenters. The lowest BCUT2D eigenvalue weighted by molar-refractivity contribution is -0.130. The van der Waals surface area contributed by atoms with E-state index in [2.05, 4.69) is 0 Å². The average molecular weight is 223 g/mol. The number of allylic oxidation sites excluding steroid dienone is 1. The average Bonchev–Trinajstić information content (AvgIpc) is 2.35. The number of carboxylic acids is 1. The third-order valence-corrected chi connectivity index (χ3v) is 2.52. The van der Waals surface area contributed by atoms with Crippen LogP contribution in [0.2, 0.25) is 0 Å². The van der Waals surface area contributed by atoms with Crippen LogP contribution in [-0.4, -0.2) is 11.1 Å². The van der Waals surface area contributed by atoms with Crippen LogP contribution < -0.4 is 0 Å². The largest absolute Gasteiger partial charge is 0.478 e. The Labute approximate surface area is 98.2 Å². The van der Waals surface area contributed by atoms with Crippen molar-refractivity contribution in [3.8, 4) is 6.07 Å². The van der Waals surface area contributed by atoms with E-state index in [0.717, 1.165) is 16.8 Å². The molecule has 3 nitrogen and oxygen atoms in total. The highest BCUT2D eigenvalue weighted by Crippen LogP contribution is 2.25. The van der Waals surface area contributed by atoms with Crippen molar-refractivity contribution in [3.63, 3.8) is 0 Å². The molecule has 82 valence electrons. The fraction of sp³-hybridized carbons (Fsp3) is 0. The summed E-state index contributed by atoms with van der Waals surface area (Å²) in [5, 5.41) is 19.5. The van der Waals surface area contributed by atoms with E-state index in [-0.39, 0.29) is 5.57 Å². The molecule has 0 atom stereocenters. The van der Waals surface area contributed by atoms with Crippen LogP contribution in [0, 0.1) is 11.3 Å². The minimum absolute atomic E-state index is 0.0179. The number of benzene rings is 2. The van der Waals surface area contributed by atoms with Crippen molar-refractivity contribution < 1.29 is 9.90 Å². The van der Waals surface area contributed by atoms with Crippen molar-refractivity contribution in [1.29, 1.82) is 5.26 Å². The molecule has 1 N–H and O–H groups in total. The molecule has 0 amide bonds. The number of carboxylic acid groups (broad SMARTS) is 1. The Morgan fingerprint density at radius 1 is 1.18 bits per heavy atom. The molecule has 0 spiro atoms. The van der Waals surface area contributed by atoms with Gasteiger partial charge in [0.2, 0.25) is 0 Å². The van der Waals surface area contributed by atoms with Crippen LogP contribution in [0.3, 0.4) is 0 Å². The molecule has 0 radical (unpaired) electrons. The highest BCUT2D eigenvalue weighted by Gasteiger charge is 2.12. The van der Waals surface area contributed by atoms with Gasteiger partial charge in [-0.1, -0.05) is 42.5 Å². The fourth-order valence-corrected chi connectivity index (χ4v) is 1.78. The third kappa shape index (κ3) is 2.01. The van der Waals surface area contributed by atoms with Crippen LogP contribution in [-0.2, 0) is 4.79 Å². The second-order valence-electron chi connectivity index (χ2n) is 3.52. The summed E-state index contributed by atoms with van der Waals surface area (Å²) >= 11 is 0. The monoisotopic (exact) mass is 223 g/mol. The maximum absolute atomic E-state index is 11.1. The van der Waals surface area contributed by atoms with Crippen LogP contribution in [0.5, 0.6) is 0 Å². The summed E-state index contributed by atoms with van der Waals surface area (Å²) in [6.45, 7) is 0. The Hall–Kier alpha value is -2.60. The van der Waals surface area contributed by atoms with E-state index in [0.29, 0.717) is 5.56 Å². The minimum Gasteiger partial charge on any atom is -0.478 e. The minimum atomic E-state index is -1.09. The normalized spacial score (nSPS) is 11.1. The van der Waals surface area contributed by atoms with Crippen molar-refractivity contribution in [1.82, 2.24) is 0 Å². The standard InChI is InChI=1S/C14H9NO2/c15-9-8-13(14(16)17)12-7-3-5-10-4-1-2-6-11(10)12/h1-8H,(H,16,17). The maximum atomic E-state index is 11.1. The molecule has 0 aliphatic heterocycles. The van der Waals surface area contributed by atoms with E-state index in [9.17, 15) is 4.79 Å². The summed E-state index contributed by atoms with van der Waals surface area (Å²) in [7, 11) is 0. The smallest absolute Gasteiger partial charge is 0.337 e. The van der Waals surface area contributed by atoms with E-state index in [1.807, 2.05) is 30.3 Å². The lowest BCUT2D eigenvalue weighted by Gasteiger charge is -2.06. The van der Waals surface area contributed by atoms with Gasteiger partial charge in [0.25, 0.3) is 0 Å². The molecule has 17 heavy (non-hydrogen) atoms. The summed E-state index contributed by atoms with van der Waals surface area (Å²) in [6, 6.07) is 14.7. The summed E-state index contributed by atoms with van der Waals surface area (Å²) in [5.41, 5.74) is 0.585. The zero-order valence-electron chi connectivity index (χ0n) is 8.92. The Kier molecular flexibility index (Phi) is 2.89. The Morgan fingerprint density at radius 2 is 1.88 bits per heavy atom. The van der Waals surface area contributed by atoms with Gasteiger partial charge in [0.1, 0.15) is 0 Å². The summed E-state index contributed by atoms with van der Waals surface area (Å²) in [4.78, 5) is 11.1. The van der Waals surface area contributed by atoms with Gasteiger partial charge in [-0.2, -0.15) is 5.26 Å². The van der Waals surface area contributed by atoms with Crippen LogP contribution in [0.4, 0.5) is 0 Å². The molecule has 2 aromatic rings. The highest BCUT2D eigenvalue weighted by molar-refractivity contribution is 6.19. The van der Waals surface area contributed by atoms with Gasteiger partial charge in [-0.15, -0.1) is 0 Å². The topological polar surface area (TPSA) is 61.1 Å². The molecule has 3 heteroatoms. The molecular formula is C14H9NO2. The van der Waals surface area contributed by atoms with Gasteiger partial charge >= 0.3 is 5.97 Å². The first-order chi connectivity index (χ1) is 8.24. The molecule has 0 heterocycles. The molecule has 0 aromatic heterocycles. The van der Waals surface area contributed by atoms with Crippen LogP contribution in [0.15, 0.2) is 48.5 Å². The Balaban J connectivity index is 2.75. The SMILES string of the molecule is N#CC=C(C(=O)O)c1cccc2ccccc12. The number of rotatable bonds is 2. The predicted molar refractivity (Wildman–Crippen MR) is 65.2 cm³/mol. The van der Waals surface area contributed by atoms with Crippen molar-refractivity contribution in [2.24, 2.45) is 0 Å². The van der Waals surface area contributed by atoms with Crippen LogP contribution in [0.25, 0.3) is 16.3 Å². The second-order valence-corrected chi connectivity index (χ2v) is 3.52. The summed E-state index contributed by atoms with van der Waals surface area (Å²) in [5.74, 6) is -1.09. The first kappa shape index (κ1) is 10.9. The molecule has 0 fully saturated rings. The van der Waals surface area contributed by atoms with Gasteiger partial charge in [0, 0.05) is 6.08 Å². The van der Waals surface area contributed by atoms with E-state index in [1.54, 1.807) is 18.2 Å². The van der Waals surface area contributed by atoms with E-state index < -0.39 is 5.97 Å². The van der Waals surface area contributed by atoms with Crippen LogP contribution in [0.1, 0.15) is 5.56 Å². The second kappa shape index (κ2) is 4.50. The van der Waals surface area contributed by atoms with Gasteiger partial charge in [-0.3, -0.25) is 0 Å². The number of fused-ring (bicyclic) bond motifs is 1. The zero-order valence-corrected chi connectivity index (χ0v) is 8.92. The molecule has 2 aromatic carbocycles. The van der Waals surface area contributed by atoms with Crippen molar-refractivity contribution in [3.05, 3.63) is 54.1 Å². The van der Waals surface area contributed by atoms with E-state index in [1.165, 1.54) is 0 Å². The van der Waals surface area contributed by atoms with E-state index in [4.69, 9.17) is 10.4 Å². The van der Waals surface area contributed by atoms with Gasteiger partial charge < -0.3 is 5.11 Å². The number of aliphatic carboxylic acids is 1.